The summed E-state index contributed by atoms with van der Waals surface area (Å²) >= 11 is 5.93. The van der Waals surface area contributed by atoms with Gasteiger partial charge >= 0.3 is 12.0 Å². The normalized spacial score (nSPS) is 11.2. The summed E-state index contributed by atoms with van der Waals surface area (Å²) in [6.07, 6.45) is -0.0423. The van der Waals surface area contributed by atoms with E-state index in [2.05, 4.69) is 16.0 Å². The third-order valence-electron chi connectivity index (χ3n) is 3.74. The highest BCUT2D eigenvalue weighted by atomic mass is 35.5. The van der Waals surface area contributed by atoms with Crippen molar-refractivity contribution in [3.63, 3.8) is 0 Å². The molecule has 28 heavy (non-hydrogen) atoms. The van der Waals surface area contributed by atoms with E-state index < -0.39 is 17.9 Å². The minimum atomic E-state index is -0.578. The van der Waals surface area contributed by atoms with Crippen LogP contribution >= 0.6 is 11.6 Å². The van der Waals surface area contributed by atoms with E-state index in [-0.39, 0.29) is 25.6 Å². The maximum Gasteiger partial charge on any atom is 0.319 e. The number of halogens is 1. The van der Waals surface area contributed by atoms with Crippen LogP contribution in [0.3, 0.4) is 0 Å². The van der Waals surface area contributed by atoms with Crippen LogP contribution in [-0.2, 0) is 14.3 Å². The highest BCUT2D eigenvalue weighted by Crippen LogP contribution is 2.17. The molecule has 0 unspecified atom stereocenters. The van der Waals surface area contributed by atoms with Gasteiger partial charge in [-0.25, -0.2) is 4.79 Å². The molecule has 0 aromatic heterocycles. The molecular weight excluding hydrogens is 382 g/mol. The number of nitrogens with one attached hydrogen (secondary N) is 3. The number of rotatable bonds is 8. The highest BCUT2D eigenvalue weighted by Gasteiger charge is 2.12. The molecule has 148 valence electrons. The second-order valence-corrected chi connectivity index (χ2v) is 6.44. The van der Waals surface area contributed by atoms with Gasteiger partial charge in [0, 0.05) is 17.3 Å². The quantitative estimate of drug-likeness (QED) is 0.589. The summed E-state index contributed by atoms with van der Waals surface area (Å²) in [5.41, 5.74) is 1.49. The monoisotopic (exact) mass is 403 g/mol. The molecular formula is C20H22ClN3O4. The summed E-state index contributed by atoms with van der Waals surface area (Å²) in [6, 6.07) is 15.4. The van der Waals surface area contributed by atoms with Crippen molar-refractivity contribution in [2.24, 2.45) is 0 Å². The lowest BCUT2D eigenvalue weighted by Crippen LogP contribution is -2.33. The van der Waals surface area contributed by atoms with Gasteiger partial charge in [-0.2, -0.15) is 0 Å². The molecule has 3 amide bonds. The number of esters is 1. The first-order valence-electron chi connectivity index (χ1n) is 8.74. The first-order valence-corrected chi connectivity index (χ1v) is 9.12. The van der Waals surface area contributed by atoms with Gasteiger partial charge < -0.3 is 20.7 Å². The number of hydrogen-bond donors (Lipinski definition) is 3. The maximum atomic E-state index is 11.9. The van der Waals surface area contributed by atoms with Gasteiger partial charge in [0.05, 0.1) is 12.5 Å². The third kappa shape index (κ3) is 7.67. The van der Waals surface area contributed by atoms with E-state index in [4.69, 9.17) is 16.3 Å². The average Bonchev–Trinajstić information content (AvgIpc) is 2.67. The van der Waals surface area contributed by atoms with Gasteiger partial charge in [-0.05, 0) is 36.8 Å². The Hall–Kier alpha value is -3.06. The smallest absolute Gasteiger partial charge is 0.319 e. The molecule has 0 aliphatic carbocycles. The summed E-state index contributed by atoms with van der Waals surface area (Å²) in [4.78, 5) is 35.3. The second-order valence-electron chi connectivity index (χ2n) is 6.00. The van der Waals surface area contributed by atoms with Crippen LogP contribution in [0.25, 0.3) is 0 Å². The second kappa shape index (κ2) is 10.9. The minimum Gasteiger partial charge on any atom is -0.456 e. The van der Waals surface area contributed by atoms with E-state index in [1.807, 2.05) is 12.1 Å². The molecule has 0 fully saturated rings. The molecule has 0 aliphatic rings. The summed E-state index contributed by atoms with van der Waals surface area (Å²) in [5.74, 6) is -0.999. The zero-order valence-electron chi connectivity index (χ0n) is 15.4. The molecule has 8 heteroatoms. The minimum absolute atomic E-state index is 0.0423. The van der Waals surface area contributed by atoms with Crippen molar-refractivity contribution in [2.45, 2.75) is 19.4 Å². The Balaban J connectivity index is 1.62. The van der Waals surface area contributed by atoms with Gasteiger partial charge in [-0.1, -0.05) is 41.9 Å². The average molecular weight is 404 g/mol. The highest BCUT2D eigenvalue weighted by molar-refractivity contribution is 6.30. The van der Waals surface area contributed by atoms with Crippen LogP contribution < -0.4 is 16.0 Å². The van der Waals surface area contributed by atoms with Crippen LogP contribution in [-0.4, -0.2) is 31.1 Å². The Morgan fingerprint density at radius 1 is 1.07 bits per heavy atom. The number of ether oxygens (including phenoxy) is 1. The molecule has 3 N–H and O–H groups in total. The zero-order chi connectivity index (χ0) is 20.4. The molecule has 0 aliphatic heterocycles. The Labute approximate surface area is 168 Å². The van der Waals surface area contributed by atoms with Crippen molar-refractivity contribution in [2.75, 3.05) is 18.5 Å². The van der Waals surface area contributed by atoms with Crippen molar-refractivity contribution in [3.05, 3.63) is 65.2 Å². The van der Waals surface area contributed by atoms with Crippen LogP contribution in [0.5, 0.6) is 0 Å². The Bertz CT molecular complexity index is 814. The molecule has 0 saturated carbocycles. The van der Waals surface area contributed by atoms with Crippen molar-refractivity contribution in [1.29, 1.82) is 0 Å². The Kier molecular flexibility index (Phi) is 8.30. The number of amides is 3. The fraction of sp³-hybridized carbons (Fsp3) is 0.250. The van der Waals surface area contributed by atoms with E-state index in [0.29, 0.717) is 10.7 Å². The van der Waals surface area contributed by atoms with Crippen molar-refractivity contribution < 1.29 is 19.1 Å². The van der Waals surface area contributed by atoms with Crippen molar-refractivity contribution >= 4 is 35.2 Å². The van der Waals surface area contributed by atoms with Crippen molar-refractivity contribution in [3.8, 4) is 0 Å². The molecule has 0 radical (unpaired) electrons. The molecule has 0 spiro atoms. The number of anilines is 1. The van der Waals surface area contributed by atoms with Gasteiger partial charge in [-0.15, -0.1) is 0 Å². The molecule has 0 bridgehead atoms. The topological polar surface area (TPSA) is 96.5 Å². The molecule has 2 rings (SSSR count). The fourth-order valence-electron chi connectivity index (χ4n) is 2.34. The molecule has 2 aromatic rings. The van der Waals surface area contributed by atoms with E-state index in [1.165, 1.54) is 0 Å². The Morgan fingerprint density at radius 3 is 2.54 bits per heavy atom. The summed E-state index contributed by atoms with van der Waals surface area (Å²) in [7, 11) is 0. The van der Waals surface area contributed by atoms with E-state index in [1.54, 1.807) is 49.4 Å². The standard InChI is InChI=1S/C20H22ClN3O4/c1-14(15-6-5-7-16(21)12-15)23-18(25)13-28-19(26)10-11-22-20(27)24-17-8-3-2-4-9-17/h2-9,12,14H,10-11,13H2,1H3,(H,23,25)(H2,22,24,27)/t14-/m0/s1. The van der Waals surface area contributed by atoms with Crippen molar-refractivity contribution in [1.82, 2.24) is 10.6 Å². The summed E-state index contributed by atoms with van der Waals surface area (Å²) in [5, 5.41) is 8.48. The largest absolute Gasteiger partial charge is 0.456 e. The lowest BCUT2D eigenvalue weighted by atomic mass is 10.1. The number of urea groups is 1. The molecule has 0 heterocycles. The van der Waals surface area contributed by atoms with Gasteiger partial charge in [0.15, 0.2) is 6.61 Å². The van der Waals surface area contributed by atoms with Gasteiger partial charge in [0.2, 0.25) is 0 Å². The lowest BCUT2D eigenvalue weighted by Gasteiger charge is -2.14. The molecule has 7 nitrogen and oxygen atoms in total. The van der Waals surface area contributed by atoms with Gasteiger partial charge in [-0.3, -0.25) is 9.59 Å². The van der Waals surface area contributed by atoms with E-state index in [0.717, 1.165) is 5.56 Å². The number of para-hydroxylation sites is 1. The first-order chi connectivity index (χ1) is 13.4. The number of benzene rings is 2. The van der Waals surface area contributed by atoms with Crippen LogP contribution in [0.1, 0.15) is 24.9 Å². The van der Waals surface area contributed by atoms with E-state index >= 15 is 0 Å². The zero-order valence-corrected chi connectivity index (χ0v) is 16.2. The summed E-state index contributed by atoms with van der Waals surface area (Å²) < 4.78 is 4.92. The fourth-order valence-corrected chi connectivity index (χ4v) is 2.53. The number of carbonyl (C=O) groups is 3. The number of hydrogen-bond acceptors (Lipinski definition) is 4. The SMILES string of the molecule is C[C@H](NC(=O)COC(=O)CCNC(=O)Nc1ccccc1)c1cccc(Cl)c1. The predicted molar refractivity (Wildman–Crippen MR) is 107 cm³/mol. The van der Waals surface area contributed by atoms with Crippen LogP contribution in [0.2, 0.25) is 5.02 Å². The first kappa shape index (κ1) is 21.2. The van der Waals surface area contributed by atoms with Gasteiger partial charge in [0.1, 0.15) is 0 Å². The summed E-state index contributed by atoms with van der Waals surface area (Å²) in [6.45, 7) is 1.51. The van der Waals surface area contributed by atoms with Crippen LogP contribution in [0.15, 0.2) is 54.6 Å². The molecule has 0 saturated heterocycles. The molecule has 2 aromatic carbocycles. The number of carbonyl (C=O) groups excluding carboxylic acids is 3. The maximum absolute atomic E-state index is 11.9. The predicted octanol–water partition coefficient (Wildman–Crippen LogP) is 3.27. The van der Waals surface area contributed by atoms with E-state index in [9.17, 15) is 14.4 Å². The molecule has 1 atom stereocenters. The lowest BCUT2D eigenvalue weighted by molar-refractivity contribution is -0.148. The van der Waals surface area contributed by atoms with Crippen LogP contribution in [0, 0.1) is 0 Å². The third-order valence-corrected chi connectivity index (χ3v) is 3.97. The van der Waals surface area contributed by atoms with Gasteiger partial charge in [0.25, 0.3) is 5.91 Å². The Morgan fingerprint density at radius 2 is 1.82 bits per heavy atom. The van der Waals surface area contributed by atoms with Crippen LogP contribution in [0.4, 0.5) is 10.5 Å².